The zero-order valence-electron chi connectivity index (χ0n) is 10.1. The van der Waals surface area contributed by atoms with Gasteiger partial charge in [-0.1, -0.05) is 33.1 Å². The Morgan fingerprint density at radius 3 is 2.33 bits per heavy atom. The molecule has 1 saturated carbocycles. The Bertz CT molecular complexity index is 203. The zero-order chi connectivity index (χ0) is 11.3. The first-order chi connectivity index (χ1) is 7.14. The average Bonchev–Trinajstić information content (AvgIpc) is 2.27. The number of carboxylic acid groups (broad SMARTS) is 1. The molecule has 0 unspecified atom stereocenters. The van der Waals surface area contributed by atoms with Crippen LogP contribution in [0.1, 0.15) is 65.2 Å². The lowest BCUT2D eigenvalue weighted by molar-refractivity contribution is -0.152. The van der Waals surface area contributed by atoms with E-state index in [4.69, 9.17) is 0 Å². The van der Waals surface area contributed by atoms with E-state index in [0.29, 0.717) is 0 Å². The number of rotatable bonds is 5. The van der Waals surface area contributed by atoms with Crippen LogP contribution in [0.3, 0.4) is 0 Å². The summed E-state index contributed by atoms with van der Waals surface area (Å²) in [6.45, 7) is 4.23. The van der Waals surface area contributed by atoms with Crippen molar-refractivity contribution < 1.29 is 9.90 Å². The molecular formula is C13H24O2. The predicted molar refractivity (Wildman–Crippen MR) is 61.8 cm³/mol. The fraction of sp³-hybridized carbons (Fsp3) is 0.923. The van der Waals surface area contributed by atoms with Crippen LogP contribution in [-0.2, 0) is 4.79 Å². The number of aliphatic carboxylic acids is 1. The Morgan fingerprint density at radius 2 is 1.93 bits per heavy atom. The maximum absolute atomic E-state index is 11.2. The standard InChI is InChI=1S/C13H24O2/c1-3-5-6-11-7-9-13(4-2,10-8-11)12(14)15/h11H,3-10H2,1-2H3,(H,14,15). The van der Waals surface area contributed by atoms with Gasteiger partial charge in [-0.05, 0) is 38.0 Å². The van der Waals surface area contributed by atoms with Gasteiger partial charge in [-0.2, -0.15) is 0 Å². The summed E-state index contributed by atoms with van der Waals surface area (Å²) in [6.07, 6.45) is 8.70. The molecule has 15 heavy (non-hydrogen) atoms. The van der Waals surface area contributed by atoms with Gasteiger partial charge in [0.2, 0.25) is 0 Å². The van der Waals surface area contributed by atoms with E-state index in [2.05, 4.69) is 6.92 Å². The van der Waals surface area contributed by atoms with Crippen LogP contribution >= 0.6 is 0 Å². The van der Waals surface area contributed by atoms with E-state index in [-0.39, 0.29) is 5.41 Å². The lowest BCUT2D eigenvalue weighted by atomic mass is 9.68. The number of carbonyl (C=O) groups is 1. The molecule has 2 nitrogen and oxygen atoms in total. The number of hydrogen-bond acceptors (Lipinski definition) is 1. The molecule has 0 saturated heterocycles. The lowest BCUT2D eigenvalue weighted by Crippen LogP contribution is -2.34. The van der Waals surface area contributed by atoms with E-state index >= 15 is 0 Å². The van der Waals surface area contributed by atoms with Crippen LogP contribution in [0.5, 0.6) is 0 Å². The Hall–Kier alpha value is -0.530. The van der Waals surface area contributed by atoms with Gasteiger partial charge in [0, 0.05) is 0 Å². The minimum Gasteiger partial charge on any atom is -0.481 e. The highest BCUT2D eigenvalue weighted by molar-refractivity contribution is 5.74. The van der Waals surface area contributed by atoms with Crippen molar-refractivity contribution in [2.75, 3.05) is 0 Å². The fourth-order valence-corrected chi connectivity index (χ4v) is 2.73. The fourth-order valence-electron chi connectivity index (χ4n) is 2.73. The molecule has 1 aliphatic rings. The number of hydrogen-bond donors (Lipinski definition) is 1. The van der Waals surface area contributed by atoms with E-state index in [1.165, 1.54) is 19.3 Å². The monoisotopic (exact) mass is 212 g/mol. The Labute approximate surface area is 93.1 Å². The van der Waals surface area contributed by atoms with Gasteiger partial charge in [-0.3, -0.25) is 4.79 Å². The van der Waals surface area contributed by atoms with Crippen molar-refractivity contribution in [1.29, 1.82) is 0 Å². The number of unbranched alkanes of at least 4 members (excludes halogenated alkanes) is 1. The third-order valence-corrected chi connectivity index (χ3v) is 4.16. The highest BCUT2D eigenvalue weighted by Gasteiger charge is 2.39. The summed E-state index contributed by atoms with van der Waals surface area (Å²) in [5, 5.41) is 9.25. The van der Waals surface area contributed by atoms with Gasteiger partial charge < -0.3 is 5.11 Å². The highest BCUT2D eigenvalue weighted by Crippen LogP contribution is 2.43. The van der Waals surface area contributed by atoms with E-state index in [0.717, 1.165) is 38.0 Å². The molecular weight excluding hydrogens is 188 g/mol. The Morgan fingerprint density at radius 1 is 1.33 bits per heavy atom. The molecule has 0 amide bonds. The maximum Gasteiger partial charge on any atom is 0.309 e. The van der Waals surface area contributed by atoms with Crippen LogP contribution in [0.2, 0.25) is 0 Å². The Kier molecular flexibility index (Phi) is 4.62. The molecule has 0 aromatic carbocycles. The minimum absolute atomic E-state index is 0.386. The zero-order valence-corrected chi connectivity index (χ0v) is 10.1. The quantitative estimate of drug-likeness (QED) is 0.751. The molecule has 0 atom stereocenters. The van der Waals surface area contributed by atoms with Gasteiger partial charge in [0.05, 0.1) is 5.41 Å². The van der Waals surface area contributed by atoms with Gasteiger partial charge >= 0.3 is 5.97 Å². The van der Waals surface area contributed by atoms with Crippen molar-refractivity contribution in [3.63, 3.8) is 0 Å². The van der Waals surface area contributed by atoms with Crippen molar-refractivity contribution in [3.05, 3.63) is 0 Å². The topological polar surface area (TPSA) is 37.3 Å². The molecule has 1 aliphatic carbocycles. The van der Waals surface area contributed by atoms with Crippen LogP contribution in [-0.4, -0.2) is 11.1 Å². The second kappa shape index (κ2) is 5.53. The smallest absolute Gasteiger partial charge is 0.309 e. The van der Waals surface area contributed by atoms with Crippen molar-refractivity contribution >= 4 is 5.97 Å². The molecule has 0 aliphatic heterocycles. The van der Waals surface area contributed by atoms with Crippen molar-refractivity contribution in [1.82, 2.24) is 0 Å². The van der Waals surface area contributed by atoms with Gasteiger partial charge in [-0.25, -0.2) is 0 Å². The summed E-state index contributed by atoms with van der Waals surface area (Å²) >= 11 is 0. The largest absolute Gasteiger partial charge is 0.481 e. The minimum atomic E-state index is -0.570. The second-order valence-corrected chi connectivity index (χ2v) is 5.02. The first kappa shape index (κ1) is 12.5. The summed E-state index contributed by atoms with van der Waals surface area (Å²) < 4.78 is 0. The molecule has 0 spiro atoms. The number of carboxylic acids is 1. The second-order valence-electron chi connectivity index (χ2n) is 5.02. The van der Waals surface area contributed by atoms with Crippen LogP contribution < -0.4 is 0 Å². The third-order valence-electron chi connectivity index (χ3n) is 4.16. The van der Waals surface area contributed by atoms with E-state index in [9.17, 15) is 9.90 Å². The van der Waals surface area contributed by atoms with Crippen molar-refractivity contribution in [2.24, 2.45) is 11.3 Å². The Balaban J connectivity index is 2.42. The summed E-state index contributed by atoms with van der Waals surface area (Å²) in [4.78, 5) is 11.2. The van der Waals surface area contributed by atoms with Crippen LogP contribution in [0.4, 0.5) is 0 Å². The summed E-state index contributed by atoms with van der Waals surface area (Å²) in [7, 11) is 0. The molecule has 0 aromatic rings. The van der Waals surface area contributed by atoms with Gasteiger partial charge in [0.25, 0.3) is 0 Å². The van der Waals surface area contributed by atoms with Crippen molar-refractivity contribution in [3.8, 4) is 0 Å². The van der Waals surface area contributed by atoms with Crippen LogP contribution in [0.15, 0.2) is 0 Å². The average molecular weight is 212 g/mol. The van der Waals surface area contributed by atoms with E-state index < -0.39 is 5.97 Å². The molecule has 88 valence electrons. The highest BCUT2D eigenvalue weighted by atomic mass is 16.4. The SMILES string of the molecule is CCCCC1CCC(CC)(C(=O)O)CC1. The van der Waals surface area contributed by atoms with Gasteiger partial charge in [-0.15, -0.1) is 0 Å². The molecule has 1 rings (SSSR count). The predicted octanol–water partition coefficient (Wildman–Crippen LogP) is 3.85. The molecule has 1 N–H and O–H groups in total. The lowest BCUT2D eigenvalue weighted by Gasteiger charge is -2.36. The first-order valence-corrected chi connectivity index (χ1v) is 6.38. The van der Waals surface area contributed by atoms with Gasteiger partial charge in [0.1, 0.15) is 0 Å². The maximum atomic E-state index is 11.2. The molecule has 0 heterocycles. The van der Waals surface area contributed by atoms with E-state index in [1.807, 2.05) is 6.92 Å². The third kappa shape index (κ3) is 2.96. The molecule has 0 radical (unpaired) electrons. The van der Waals surface area contributed by atoms with Crippen LogP contribution in [0.25, 0.3) is 0 Å². The molecule has 0 bridgehead atoms. The summed E-state index contributed by atoms with van der Waals surface area (Å²) in [6, 6.07) is 0. The van der Waals surface area contributed by atoms with Crippen molar-refractivity contribution in [2.45, 2.75) is 65.2 Å². The molecule has 2 heteroatoms. The summed E-state index contributed by atoms with van der Waals surface area (Å²) in [5.74, 6) is 0.225. The molecule has 1 fully saturated rings. The first-order valence-electron chi connectivity index (χ1n) is 6.38. The van der Waals surface area contributed by atoms with Gasteiger partial charge in [0.15, 0.2) is 0 Å². The van der Waals surface area contributed by atoms with Crippen LogP contribution in [0, 0.1) is 11.3 Å². The normalized spacial score (nSPS) is 31.5. The summed E-state index contributed by atoms with van der Waals surface area (Å²) in [5.41, 5.74) is -0.386. The van der Waals surface area contributed by atoms with E-state index in [1.54, 1.807) is 0 Å². The molecule has 0 aromatic heterocycles.